The van der Waals surface area contributed by atoms with Crippen molar-refractivity contribution >= 4 is 17.8 Å². The Balaban J connectivity index is 1.65. The van der Waals surface area contributed by atoms with Crippen LogP contribution in [0.25, 0.3) is 0 Å². The summed E-state index contributed by atoms with van der Waals surface area (Å²) >= 11 is 0. The summed E-state index contributed by atoms with van der Waals surface area (Å²) < 4.78 is 10.3. The Bertz CT molecular complexity index is 890. The first kappa shape index (κ1) is 20.6. The second-order valence-corrected chi connectivity index (χ2v) is 7.28. The van der Waals surface area contributed by atoms with Gasteiger partial charge in [0.05, 0.1) is 20.1 Å². The van der Waals surface area contributed by atoms with E-state index in [1.54, 1.807) is 24.9 Å². The molecule has 0 aliphatic carbocycles. The Morgan fingerprint density at radius 2 is 1.97 bits per heavy atom. The first-order valence-corrected chi connectivity index (χ1v) is 9.66. The minimum atomic E-state index is -0.472. The summed E-state index contributed by atoms with van der Waals surface area (Å²) in [5, 5.41) is 0. The Hall–Kier alpha value is -3.09. The van der Waals surface area contributed by atoms with Crippen molar-refractivity contribution in [1.29, 1.82) is 0 Å². The summed E-state index contributed by atoms with van der Waals surface area (Å²) in [5.74, 6) is 0.312. The zero-order chi connectivity index (χ0) is 21.0. The van der Waals surface area contributed by atoms with Gasteiger partial charge in [0.15, 0.2) is 0 Å². The maximum atomic E-state index is 13.0. The van der Waals surface area contributed by atoms with Crippen molar-refractivity contribution in [2.24, 2.45) is 0 Å². The van der Waals surface area contributed by atoms with Crippen LogP contribution in [0.1, 0.15) is 40.3 Å². The number of methoxy groups -OCH3 is 1. The molecule has 7 heteroatoms. The number of nitrogens with zero attached hydrogens (tertiary/aromatic N) is 2. The van der Waals surface area contributed by atoms with E-state index < -0.39 is 12.0 Å². The van der Waals surface area contributed by atoms with Crippen LogP contribution in [0.4, 0.5) is 0 Å². The van der Waals surface area contributed by atoms with E-state index in [0.717, 1.165) is 12.0 Å². The number of likely N-dealkylation sites (N-methyl/N-ethyl adjacent to an activating group) is 1. The number of aryl methyl sites for hydroxylation is 1. The Kier molecular flexibility index (Phi) is 6.36. The van der Waals surface area contributed by atoms with E-state index in [1.807, 2.05) is 30.3 Å². The first-order chi connectivity index (χ1) is 13.9. The predicted octanol–water partition coefficient (Wildman–Crippen LogP) is 2.57. The molecule has 1 aromatic carbocycles. The average Bonchev–Trinajstić information content (AvgIpc) is 3.34. The third-order valence-electron chi connectivity index (χ3n) is 5.20. The van der Waals surface area contributed by atoms with Gasteiger partial charge in [0.2, 0.25) is 11.8 Å². The fraction of sp³-hybridized carbons (Fsp3) is 0.409. The lowest BCUT2D eigenvalue weighted by atomic mass is 10.1. The number of hydrogen-bond acceptors (Lipinski definition) is 5. The molecule has 1 saturated heterocycles. The zero-order valence-electron chi connectivity index (χ0n) is 17.0. The van der Waals surface area contributed by atoms with Crippen molar-refractivity contribution in [1.82, 2.24) is 9.80 Å². The Labute approximate surface area is 170 Å². The molecular formula is C22H26N2O5. The van der Waals surface area contributed by atoms with Gasteiger partial charge in [-0.15, -0.1) is 0 Å². The monoisotopic (exact) mass is 398 g/mol. The van der Waals surface area contributed by atoms with Crippen molar-refractivity contribution in [2.45, 2.75) is 38.8 Å². The molecule has 1 fully saturated rings. The van der Waals surface area contributed by atoms with Gasteiger partial charge in [-0.2, -0.15) is 0 Å². The van der Waals surface area contributed by atoms with Gasteiger partial charge in [-0.25, -0.2) is 4.79 Å². The molecule has 2 heterocycles. The van der Waals surface area contributed by atoms with Gasteiger partial charge in [0.1, 0.15) is 23.1 Å². The van der Waals surface area contributed by atoms with Gasteiger partial charge >= 0.3 is 5.97 Å². The molecule has 29 heavy (non-hydrogen) atoms. The van der Waals surface area contributed by atoms with E-state index in [1.165, 1.54) is 12.0 Å². The highest BCUT2D eigenvalue weighted by atomic mass is 16.5. The summed E-state index contributed by atoms with van der Waals surface area (Å²) in [6, 6.07) is 10.7. The van der Waals surface area contributed by atoms with E-state index >= 15 is 0 Å². The van der Waals surface area contributed by atoms with Gasteiger partial charge in [-0.3, -0.25) is 9.59 Å². The molecule has 7 nitrogen and oxygen atoms in total. The normalized spacial score (nSPS) is 16.0. The molecule has 1 unspecified atom stereocenters. The molecule has 0 spiro atoms. The zero-order valence-corrected chi connectivity index (χ0v) is 17.0. The number of likely N-dealkylation sites (tertiary alicyclic amines) is 1. The van der Waals surface area contributed by atoms with Crippen molar-refractivity contribution in [3.63, 3.8) is 0 Å². The van der Waals surface area contributed by atoms with E-state index in [-0.39, 0.29) is 24.8 Å². The topological polar surface area (TPSA) is 80.1 Å². The number of ether oxygens (including phenoxy) is 1. The average molecular weight is 398 g/mol. The Morgan fingerprint density at radius 3 is 2.66 bits per heavy atom. The number of carbonyl (C=O) groups excluding carboxylic acids is 3. The highest BCUT2D eigenvalue weighted by molar-refractivity contribution is 5.91. The molecular weight excluding hydrogens is 372 g/mol. The van der Waals surface area contributed by atoms with Gasteiger partial charge < -0.3 is 19.0 Å². The highest BCUT2D eigenvalue weighted by Crippen LogP contribution is 2.22. The van der Waals surface area contributed by atoms with Crippen molar-refractivity contribution in [3.8, 4) is 0 Å². The van der Waals surface area contributed by atoms with Crippen molar-refractivity contribution in [3.05, 3.63) is 59.0 Å². The lowest BCUT2D eigenvalue weighted by Crippen LogP contribution is -2.46. The predicted molar refractivity (Wildman–Crippen MR) is 106 cm³/mol. The molecule has 0 N–H and O–H groups in total. The minimum Gasteiger partial charge on any atom is -0.465 e. The van der Waals surface area contributed by atoms with Gasteiger partial charge in [0, 0.05) is 13.6 Å². The van der Waals surface area contributed by atoms with Crippen LogP contribution in [-0.4, -0.2) is 54.3 Å². The summed E-state index contributed by atoms with van der Waals surface area (Å²) in [7, 11) is 2.99. The minimum absolute atomic E-state index is 0.0396. The van der Waals surface area contributed by atoms with E-state index in [9.17, 15) is 14.4 Å². The fourth-order valence-electron chi connectivity index (χ4n) is 3.69. The van der Waals surface area contributed by atoms with E-state index in [2.05, 4.69) is 0 Å². The highest BCUT2D eigenvalue weighted by Gasteiger charge is 2.35. The number of carbonyl (C=O) groups is 3. The number of amides is 2. The smallest absolute Gasteiger partial charge is 0.341 e. The molecule has 1 atom stereocenters. The first-order valence-electron chi connectivity index (χ1n) is 9.66. The third kappa shape index (κ3) is 4.67. The van der Waals surface area contributed by atoms with Crippen LogP contribution in [-0.2, 0) is 27.3 Å². The largest absolute Gasteiger partial charge is 0.465 e. The fourth-order valence-corrected chi connectivity index (χ4v) is 3.69. The third-order valence-corrected chi connectivity index (χ3v) is 5.20. The maximum absolute atomic E-state index is 13.0. The standard InChI is InChI=1S/C22H26N2O5/c1-15-18(22(27)28-3)13-17(29-15)14-23(2)21(26)19-10-7-11-24(19)20(25)12-16-8-5-4-6-9-16/h4-6,8-9,13,19H,7,10-12,14H2,1-3H3. The van der Waals surface area contributed by atoms with E-state index in [4.69, 9.17) is 9.15 Å². The molecule has 1 aromatic heterocycles. The molecule has 1 aliphatic rings. The molecule has 0 saturated carbocycles. The maximum Gasteiger partial charge on any atom is 0.341 e. The summed E-state index contributed by atoms with van der Waals surface area (Å²) in [6.45, 7) is 2.48. The molecule has 2 aromatic rings. The van der Waals surface area contributed by atoms with Crippen molar-refractivity contribution < 1.29 is 23.5 Å². The molecule has 2 amide bonds. The Morgan fingerprint density at radius 1 is 1.24 bits per heavy atom. The summed E-state index contributed by atoms with van der Waals surface area (Å²) in [6.07, 6.45) is 1.74. The molecule has 0 bridgehead atoms. The van der Waals surface area contributed by atoms with Gasteiger partial charge in [-0.05, 0) is 31.4 Å². The van der Waals surface area contributed by atoms with Crippen LogP contribution in [0.2, 0.25) is 0 Å². The van der Waals surface area contributed by atoms with Gasteiger partial charge in [-0.1, -0.05) is 30.3 Å². The quantitative estimate of drug-likeness (QED) is 0.699. The number of hydrogen-bond donors (Lipinski definition) is 0. The van der Waals surface area contributed by atoms with Crippen molar-refractivity contribution in [2.75, 3.05) is 20.7 Å². The van der Waals surface area contributed by atoms with Crippen LogP contribution in [0.3, 0.4) is 0 Å². The van der Waals surface area contributed by atoms with Crippen LogP contribution in [0.5, 0.6) is 0 Å². The number of benzene rings is 1. The number of esters is 1. The second-order valence-electron chi connectivity index (χ2n) is 7.28. The summed E-state index contributed by atoms with van der Waals surface area (Å²) in [5.41, 5.74) is 1.29. The van der Waals surface area contributed by atoms with E-state index in [0.29, 0.717) is 30.0 Å². The molecule has 3 rings (SSSR count). The molecule has 0 radical (unpaired) electrons. The molecule has 1 aliphatic heterocycles. The SMILES string of the molecule is COC(=O)c1cc(CN(C)C(=O)C2CCCN2C(=O)Cc2ccccc2)oc1C. The lowest BCUT2D eigenvalue weighted by Gasteiger charge is -2.27. The van der Waals surface area contributed by atoms with Crippen LogP contribution < -0.4 is 0 Å². The van der Waals surface area contributed by atoms with Crippen LogP contribution in [0.15, 0.2) is 40.8 Å². The van der Waals surface area contributed by atoms with Crippen LogP contribution in [0, 0.1) is 6.92 Å². The summed E-state index contributed by atoms with van der Waals surface area (Å²) in [4.78, 5) is 40.7. The van der Waals surface area contributed by atoms with Gasteiger partial charge in [0.25, 0.3) is 0 Å². The number of rotatable bonds is 6. The van der Waals surface area contributed by atoms with Crippen LogP contribution >= 0.6 is 0 Å². The molecule has 154 valence electrons. The second kappa shape index (κ2) is 8.94. The lowest BCUT2D eigenvalue weighted by molar-refractivity contribution is -0.143. The number of furan rings is 1.